The van der Waals surface area contributed by atoms with Crippen molar-refractivity contribution in [3.63, 3.8) is 0 Å². The third-order valence-corrected chi connectivity index (χ3v) is 2.32. The van der Waals surface area contributed by atoms with Gasteiger partial charge in [0.05, 0.1) is 5.69 Å². The molecule has 0 unspecified atom stereocenters. The number of ether oxygens (including phenoxy) is 2. The third kappa shape index (κ3) is 1.55. The maximum atomic E-state index is 12.9. The molecular weight excluding hydrogens is 232 g/mol. The van der Waals surface area contributed by atoms with E-state index in [-0.39, 0.29) is 17.3 Å². The van der Waals surface area contributed by atoms with Crippen molar-refractivity contribution in [2.45, 2.75) is 6.29 Å². The molecule has 0 saturated carbocycles. The number of alkyl halides is 2. The highest BCUT2D eigenvalue weighted by atomic mass is 19.3. The molecule has 5 nitrogen and oxygen atoms in total. The quantitative estimate of drug-likeness (QED) is 0.798. The lowest BCUT2D eigenvalue weighted by Gasteiger charge is -2.05. The fourth-order valence-corrected chi connectivity index (χ4v) is 1.66. The lowest BCUT2D eigenvalue weighted by molar-refractivity contribution is -0.286. The lowest BCUT2D eigenvalue weighted by Crippen LogP contribution is -2.26. The Morgan fingerprint density at radius 1 is 1.29 bits per heavy atom. The zero-order valence-corrected chi connectivity index (χ0v) is 8.41. The second kappa shape index (κ2) is 3.09. The van der Waals surface area contributed by atoms with Crippen molar-refractivity contribution < 1.29 is 18.3 Å². The number of benzene rings is 1. The predicted octanol–water partition coefficient (Wildman–Crippen LogP) is 1.98. The van der Waals surface area contributed by atoms with E-state index < -0.39 is 6.29 Å². The fourth-order valence-electron chi connectivity index (χ4n) is 1.66. The summed E-state index contributed by atoms with van der Waals surface area (Å²) in [5.74, 6) is 0.227. The summed E-state index contributed by atoms with van der Waals surface area (Å²) in [6.45, 7) is 0. The minimum Gasteiger partial charge on any atom is -0.395 e. The number of aromatic nitrogens is 2. The molecule has 0 atom stereocenters. The van der Waals surface area contributed by atoms with E-state index in [4.69, 9.17) is 5.73 Å². The Labute approximate surface area is 94.1 Å². The lowest BCUT2D eigenvalue weighted by atomic mass is 10.1. The molecule has 0 fully saturated rings. The van der Waals surface area contributed by atoms with Gasteiger partial charge in [-0.25, -0.2) is 0 Å². The average Bonchev–Trinajstić information content (AvgIpc) is 2.78. The number of para-hydroxylation sites is 1. The first-order valence-corrected chi connectivity index (χ1v) is 4.75. The maximum absolute atomic E-state index is 12.9. The van der Waals surface area contributed by atoms with Gasteiger partial charge in [0.25, 0.3) is 0 Å². The molecule has 0 saturated heterocycles. The summed E-state index contributed by atoms with van der Waals surface area (Å²) < 4.78 is 34.7. The van der Waals surface area contributed by atoms with Gasteiger partial charge in [0, 0.05) is 11.6 Å². The van der Waals surface area contributed by atoms with Crippen LogP contribution in [0, 0.1) is 0 Å². The van der Waals surface area contributed by atoms with Gasteiger partial charge in [0.1, 0.15) is 5.82 Å². The Morgan fingerprint density at radius 3 is 2.82 bits per heavy atom. The van der Waals surface area contributed by atoms with E-state index in [0.29, 0.717) is 11.3 Å². The van der Waals surface area contributed by atoms with E-state index >= 15 is 0 Å². The van der Waals surface area contributed by atoms with Gasteiger partial charge in [-0.3, -0.25) is 5.10 Å². The van der Waals surface area contributed by atoms with Crippen LogP contribution >= 0.6 is 0 Å². The Balaban J connectivity index is 2.12. The van der Waals surface area contributed by atoms with Gasteiger partial charge in [0.2, 0.25) is 0 Å². The van der Waals surface area contributed by atoms with Crippen LogP contribution in [-0.2, 0) is 0 Å². The number of nitrogens with one attached hydrogen (secondary N) is 1. The number of nitrogens with zero attached hydrogens (tertiary/aromatic N) is 1. The van der Waals surface area contributed by atoms with Crippen LogP contribution in [0.5, 0.6) is 11.5 Å². The fraction of sp³-hybridized carbons (Fsp3) is 0.100. The summed E-state index contributed by atoms with van der Waals surface area (Å²) in [5, 5.41) is 6.35. The molecule has 7 heteroatoms. The average molecular weight is 239 g/mol. The summed E-state index contributed by atoms with van der Waals surface area (Å²) in [4.78, 5) is 0. The first-order valence-electron chi connectivity index (χ1n) is 4.75. The van der Waals surface area contributed by atoms with Gasteiger partial charge in [-0.05, 0) is 12.1 Å². The highest BCUT2D eigenvalue weighted by molar-refractivity contribution is 5.73. The van der Waals surface area contributed by atoms with Crippen LogP contribution in [0.25, 0.3) is 11.3 Å². The van der Waals surface area contributed by atoms with Gasteiger partial charge in [-0.1, -0.05) is 6.07 Å². The van der Waals surface area contributed by atoms with Crippen molar-refractivity contribution in [2.75, 3.05) is 5.73 Å². The topological polar surface area (TPSA) is 73.2 Å². The van der Waals surface area contributed by atoms with Gasteiger partial charge in [0.15, 0.2) is 11.5 Å². The predicted molar refractivity (Wildman–Crippen MR) is 54.6 cm³/mol. The zero-order valence-electron chi connectivity index (χ0n) is 8.41. The molecule has 1 aromatic heterocycles. The van der Waals surface area contributed by atoms with Crippen molar-refractivity contribution in [3.05, 3.63) is 24.3 Å². The summed E-state index contributed by atoms with van der Waals surface area (Å²) in [5.41, 5.74) is 6.36. The maximum Gasteiger partial charge on any atom is 0.586 e. The summed E-state index contributed by atoms with van der Waals surface area (Å²) in [7, 11) is 0. The van der Waals surface area contributed by atoms with Crippen molar-refractivity contribution in [1.29, 1.82) is 0 Å². The van der Waals surface area contributed by atoms with E-state index in [0.717, 1.165) is 0 Å². The minimum atomic E-state index is -3.63. The van der Waals surface area contributed by atoms with Gasteiger partial charge in [-0.15, -0.1) is 8.78 Å². The smallest absolute Gasteiger partial charge is 0.395 e. The zero-order chi connectivity index (χ0) is 12.0. The normalized spacial score (nSPS) is 16.1. The van der Waals surface area contributed by atoms with Crippen LogP contribution in [0.1, 0.15) is 0 Å². The Bertz CT molecular complexity index is 583. The number of H-pyrrole nitrogens is 1. The Hall–Kier alpha value is -2.31. The highest BCUT2D eigenvalue weighted by Gasteiger charge is 2.44. The monoisotopic (exact) mass is 239 g/mol. The van der Waals surface area contributed by atoms with E-state index in [2.05, 4.69) is 19.7 Å². The number of aromatic amines is 1. The van der Waals surface area contributed by atoms with Gasteiger partial charge in [-0.2, -0.15) is 5.10 Å². The molecule has 88 valence electrons. The number of fused-ring (bicyclic) bond motifs is 1. The molecule has 1 aromatic carbocycles. The molecule has 1 aliphatic heterocycles. The van der Waals surface area contributed by atoms with E-state index in [1.807, 2.05) is 0 Å². The number of nitrogen functional groups attached to an aromatic ring is 1. The van der Waals surface area contributed by atoms with Crippen LogP contribution in [-0.4, -0.2) is 16.5 Å². The van der Waals surface area contributed by atoms with Gasteiger partial charge < -0.3 is 15.2 Å². The molecular formula is C10H7F2N3O2. The van der Waals surface area contributed by atoms with Crippen LogP contribution in [0.3, 0.4) is 0 Å². The molecule has 2 aromatic rings. The van der Waals surface area contributed by atoms with Crippen LogP contribution < -0.4 is 15.2 Å². The summed E-state index contributed by atoms with van der Waals surface area (Å²) >= 11 is 0. The number of nitrogens with two attached hydrogens (primary N) is 1. The van der Waals surface area contributed by atoms with Crippen LogP contribution in [0.2, 0.25) is 0 Å². The SMILES string of the molecule is Nc1cc(-c2cccc3c2OC(F)(F)O3)[nH]n1. The van der Waals surface area contributed by atoms with E-state index in [1.165, 1.54) is 12.1 Å². The molecule has 0 bridgehead atoms. The minimum absolute atomic E-state index is 0.0133. The summed E-state index contributed by atoms with van der Waals surface area (Å²) in [6, 6.07) is 6.11. The van der Waals surface area contributed by atoms with E-state index in [1.54, 1.807) is 12.1 Å². The largest absolute Gasteiger partial charge is 0.586 e. The number of halogens is 2. The van der Waals surface area contributed by atoms with Crippen molar-refractivity contribution in [3.8, 4) is 22.8 Å². The standard InChI is InChI=1S/C10H7F2N3O2/c11-10(12)16-7-3-1-2-5(9(7)17-10)6-4-8(13)15-14-6/h1-4H,(H3,13,14,15). The van der Waals surface area contributed by atoms with Crippen LogP contribution in [0.4, 0.5) is 14.6 Å². The molecule has 1 aliphatic rings. The van der Waals surface area contributed by atoms with E-state index in [9.17, 15) is 8.78 Å². The first kappa shape index (κ1) is 9.88. The third-order valence-electron chi connectivity index (χ3n) is 2.32. The second-order valence-corrected chi connectivity index (χ2v) is 3.51. The molecule has 3 rings (SSSR count). The van der Waals surface area contributed by atoms with Gasteiger partial charge >= 0.3 is 6.29 Å². The molecule has 17 heavy (non-hydrogen) atoms. The molecule has 0 aliphatic carbocycles. The van der Waals surface area contributed by atoms with Crippen molar-refractivity contribution in [1.82, 2.24) is 10.2 Å². The number of hydrogen-bond donors (Lipinski definition) is 2. The highest BCUT2D eigenvalue weighted by Crippen LogP contribution is 2.46. The molecule has 3 N–H and O–H groups in total. The van der Waals surface area contributed by atoms with Crippen molar-refractivity contribution in [2.24, 2.45) is 0 Å². The Kier molecular flexibility index (Phi) is 1.80. The molecule has 0 spiro atoms. The molecule has 0 amide bonds. The summed E-state index contributed by atoms with van der Waals surface area (Å²) in [6.07, 6.45) is -3.63. The Morgan fingerprint density at radius 2 is 2.12 bits per heavy atom. The molecule has 2 heterocycles. The molecule has 0 radical (unpaired) electrons. The second-order valence-electron chi connectivity index (χ2n) is 3.51. The first-order chi connectivity index (χ1) is 8.05. The van der Waals surface area contributed by atoms with Crippen LogP contribution in [0.15, 0.2) is 24.3 Å². The van der Waals surface area contributed by atoms with Crippen molar-refractivity contribution >= 4 is 5.82 Å². The number of anilines is 1. The number of rotatable bonds is 1. The number of hydrogen-bond acceptors (Lipinski definition) is 4.